The van der Waals surface area contributed by atoms with E-state index in [1.807, 2.05) is 30.3 Å². The van der Waals surface area contributed by atoms with E-state index in [1.165, 1.54) is 6.20 Å². The third-order valence-corrected chi connectivity index (χ3v) is 4.35. The quantitative estimate of drug-likeness (QED) is 0.402. The van der Waals surface area contributed by atoms with Crippen molar-refractivity contribution < 1.29 is 24.2 Å². The number of ether oxygens (including phenoxy) is 2. The second-order valence-corrected chi connectivity index (χ2v) is 6.56. The molecule has 2 heterocycles. The van der Waals surface area contributed by atoms with Crippen LogP contribution in [0.2, 0.25) is 0 Å². The van der Waals surface area contributed by atoms with Crippen molar-refractivity contribution in [1.29, 1.82) is 0 Å². The predicted molar refractivity (Wildman–Crippen MR) is 115 cm³/mol. The van der Waals surface area contributed by atoms with Gasteiger partial charge < -0.3 is 19.9 Å². The standard InChI is InChI=1S/C22H19N5O5/c1-2-31-21(30)20-25-17-12-23-22(26-19(17)27(20)15-6-4-3-5-7-15)24-14-8-10-16(11-9-14)32-13-18(28)29/h3-12H,2,13H2,1H3,(H,28,29)(H,23,24,26). The van der Waals surface area contributed by atoms with E-state index < -0.39 is 18.5 Å². The van der Waals surface area contributed by atoms with Gasteiger partial charge in [0.25, 0.3) is 0 Å². The number of nitrogens with zero attached hydrogens (tertiary/aromatic N) is 4. The molecule has 4 aromatic rings. The summed E-state index contributed by atoms with van der Waals surface area (Å²) in [7, 11) is 0. The maximum atomic E-state index is 12.5. The Balaban J connectivity index is 1.67. The van der Waals surface area contributed by atoms with Gasteiger partial charge in [-0.3, -0.25) is 4.57 Å². The van der Waals surface area contributed by atoms with Gasteiger partial charge in [-0.05, 0) is 43.3 Å². The summed E-state index contributed by atoms with van der Waals surface area (Å²) in [6, 6.07) is 16.0. The van der Waals surface area contributed by atoms with Gasteiger partial charge in [-0.2, -0.15) is 4.98 Å². The van der Waals surface area contributed by atoms with E-state index in [4.69, 9.17) is 14.6 Å². The van der Waals surface area contributed by atoms with Crippen LogP contribution in [0, 0.1) is 0 Å². The number of hydrogen-bond donors (Lipinski definition) is 2. The van der Waals surface area contributed by atoms with Crippen LogP contribution in [-0.2, 0) is 9.53 Å². The number of fused-ring (bicyclic) bond motifs is 1. The van der Waals surface area contributed by atoms with Crippen molar-refractivity contribution in [3.63, 3.8) is 0 Å². The van der Waals surface area contributed by atoms with Gasteiger partial charge in [0, 0.05) is 11.4 Å². The molecule has 0 spiro atoms. The number of esters is 1. The second-order valence-electron chi connectivity index (χ2n) is 6.56. The second kappa shape index (κ2) is 9.13. The first-order valence-corrected chi connectivity index (χ1v) is 9.75. The highest BCUT2D eigenvalue weighted by atomic mass is 16.5. The number of nitrogens with one attached hydrogen (secondary N) is 1. The fourth-order valence-corrected chi connectivity index (χ4v) is 3.00. The zero-order valence-electron chi connectivity index (χ0n) is 17.1. The topological polar surface area (TPSA) is 128 Å². The number of carbonyl (C=O) groups is 2. The van der Waals surface area contributed by atoms with Crippen molar-refractivity contribution >= 4 is 34.7 Å². The number of para-hydroxylation sites is 1. The highest BCUT2D eigenvalue weighted by Gasteiger charge is 2.21. The molecule has 0 aliphatic rings. The smallest absolute Gasteiger partial charge is 0.375 e. The van der Waals surface area contributed by atoms with Gasteiger partial charge in [-0.25, -0.2) is 19.6 Å². The number of aromatic nitrogens is 4. The number of imidazole rings is 1. The van der Waals surface area contributed by atoms with Crippen LogP contribution >= 0.6 is 0 Å². The number of benzene rings is 2. The van der Waals surface area contributed by atoms with Crippen molar-refractivity contribution in [3.8, 4) is 11.4 Å². The highest BCUT2D eigenvalue weighted by molar-refractivity contribution is 5.91. The fraction of sp³-hybridized carbons (Fsp3) is 0.136. The third-order valence-electron chi connectivity index (χ3n) is 4.35. The lowest BCUT2D eigenvalue weighted by atomic mass is 10.3. The molecule has 162 valence electrons. The molecule has 32 heavy (non-hydrogen) atoms. The Labute approximate surface area is 182 Å². The number of hydrogen-bond acceptors (Lipinski definition) is 8. The maximum absolute atomic E-state index is 12.5. The minimum absolute atomic E-state index is 0.111. The van der Waals surface area contributed by atoms with E-state index in [-0.39, 0.29) is 12.4 Å². The Morgan fingerprint density at radius 3 is 2.50 bits per heavy atom. The molecule has 0 amide bonds. The number of rotatable bonds is 8. The number of carbonyl (C=O) groups excluding carboxylic acids is 1. The van der Waals surface area contributed by atoms with Crippen LogP contribution in [0.25, 0.3) is 16.9 Å². The average molecular weight is 433 g/mol. The number of carboxylic acid groups (broad SMARTS) is 1. The molecule has 10 nitrogen and oxygen atoms in total. The molecule has 10 heteroatoms. The van der Waals surface area contributed by atoms with Crippen molar-refractivity contribution in [1.82, 2.24) is 19.5 Å². The summed E-state index contributed by atoms with van der Waals surface area (Å²) in [4.78, 5) is 36.3. The van der Waals surface area contributed by atoms with Gasteiger partial charge in [0.15, 0.2) is 12.3 Å². The highest BCUT2D eigenvalue weighted by Crippen LogP contribution is 2.23. The summed E-state index contributed by atoms with van der Waals surface area (Å²) >= 11 is 0. The normalized spacial score (nSPS) is 10.7. The van der Waals surface area contributed by atoms with Crippen LogP contribution in [0.15, 0.2) is 60.8 Å². The van der Waals surface area contributed by atoms with Gasteiger partial charge >= 0.3 is 11.9 Å². The van der Waals surface area contributed by atoms with Gasteiger partial charge in [0.2, 0.25) is 11.8 Å². The molecular weight excluding hydrogens is 414 g/mol. The van der Waals surface area contributed by atoms with E-state index in [1.54, 1.807) is 35.8 Å². The monoisotopic (exact) mass is 433 g/mol. The average Bonchev–Trinajstić information content (AvgIpc) is 3.18. The molecule has 0 saturated carbocycles. The fourth-order valence-electron chi connectivity index (χ4n) is 3.00. The Morgan fingerprint density at radius 2 is 1.81 bits per heavy atom. The molecule has 0 atom stereocenters. The molecule has 4 rings (SSSR count). The third kappa shape index (κ3) is 4.48. The number of aliphatic carboxylic acids is 1. The summed E-state index contributed by atoms with van der Waals surface area (Å²) in [5.41, 5.74) is 2.27. The summed E-state index contributed by atoms with van der Waals surface area (Å²) < 4.78 is 11.9. The van der Waals surface area contributed by atoms with Gasteiger partial charge in [-0.1, -0.05) is 18.2 Å². The van der Waals surface area contributed by atoms with Crippen LogP contribution in [0.3, 0.4) is 0 Å². The summed E-state index contributed by atoms with van der Waals surface area (Å²) in [6.07, 6.45) is 1.52. The van der Waals surface area contributed by atoms with Crippen molar-refractivity contribution in [2.24, 2.45) is 0 Å². The molecule has 0 saturated heterocycles. The van der Waals surface area contributed by atoms with Crippen LogP contribution in [0.1, 0.15) is 17.5 Å². The lowest BCUT2D eigenvalue weighted by molar-refractivity contribution is -0.139. The van der Waals surface area contributed by atoms with Crippen LogP contribution < -0.4 is 10.1 Å². The zero-order chi connectivity index (χ0) is 22.5. The molecule has 2 N–H and O–H groups in total. The summed E-state index contributed by atoms with van der Waals surface area (Å²) in [5.74, 6) is -0.772. The Bertz CT molecular complexity index is 1260. The van der Waals surface area contributed by atoms with E-state index in [2.05, 4.69) is 20.3 Å². The van der Waals surface area contributed by atoms with E-state index in [0.717, 1.165) is 0 Å². The predicted octanol–water partition coefficient (Wildman–Crippen LogP) is 3.20. The molecule has 0 fully saturated rings. The molecule has 0 aliphatic heterocycles. The Hall–Kier alpha value is -4.47. The van der Waals surface area contributed by atoms with Crippen molar-refractivity contribution in [2.75, 3.05) is 18.5 Å². The number of carboxylic acids is 1. The number of anilines is 2. The van der Waals surface area contributed by atoms with Crippen LogP contribution in [0.4, 0.5) is 11.6 Å². The Kier molecular flexibility index (Phi) is 5.93. The molecule has 2 aromatic carbocycles. The Morgan fingerprint density at radius 1 is 1.06 bits per heavy atom. The van der Waals surface area contributed by atoms with E-state index >= 15 is 0 Å². The van der Waals surface area contributed by atoms with Gasteiger partial charge in [0.1, 0.15) is 11.3 Å². The first-order chi connectivity index (χ1) is 15.5. The lowest BCUT2D eigenvalue weighted by Gasteiger charge is -2.09. The molecule has 0 bridgehead atoms. The maximum Gasteiger partial charge on any atom is 0.375 e. The molecule has 2 aromatic heterocycles. The summed E-state index contributed by atoms with van der Waals surface area (Å²) in [5, 5.41) is 11.8. The molecule has 0 aliphatic carbocycles. The lowest BCUT2D eigenvalue weighted by Crippen LogP contribution is -2.12. The summed E-state index contributed by atoms with van der Waals surface area (Å²) in [6.45, 7) is 1.54. The van der Waals surface area contributed by atoms with Crippen LogP contribution in [0.5, 0.6) is 5.75 Å². The molecule has 0 radical (unpaired) electrons. The largest absolute Gasteiger partial charge is 0.482 e. The minimum Gasteiger partial charge on any atom is -0.482 e. The van der Waals surface area contributed by atoms with Gasteiger partial charge in [-0.15, -0.1) is 0 Å². The van der Waals surface area contributed by atoms with Crippen LogP contribution in [-0.4, -0.2) is 49.8 Å². The minimum atomic E-state index is -1.05. The van der Waals surface area contributed by atoms with E-state index in [9.17, 15) is 9.59 Å². The van der Waals surface area contributed by atoms with Crippen molar-refractivity contribution in [2.45, 2.75) is 6.92 Å². The first-order valence-electron chi connectivity index (χ1n) is 9.75. The van der Waals surface area contributed by atoms with Crippen molar-refractivity contribution in [3.05, 3.63) is 66.6 Å². The van der Waals surface area contributed by atoms with Gasteiger partial charge in [0.05, 0.1) is 12.8 Å². The zero-order valence-corrected chi connectivity index (χ0v) is 17.1. The SMILES string of the molecule is CCOC(=O)c1nc2cnc(Nc3ccc(OCC(=O)O)cc3)nc2n1-c1ccccc1. The van der Waals surface area contributed by atoms with E-state index in [0.29, 0.717) is 34.2 Å². The molecule has 0 unspecified atom stereocenters. The first kappa shape index (κ1) is 20.8. The molecular formula is C22H19N5O5.